The summed E-state index contributed by atoms with van der Waals surface area (Å²) >= 11 is 0. The van der Waals surface area contributed by atoms with Gasteiger partial charge in [0.15, 0.2) is 5.82 Å². The molecule has 0 atom stereocenters. The zero-order valence-electron chi connectivity index (χ0n) is 14.8. The van der Waals surface area contributed by atoms with E-state index in [4.69, 9.17) is 9.26 Å². The van der Waals surface area contributed by atoms with Crippen LogP contribution in [0.3, 0.4) is 0 Å². The van der Waals surface area contributed by atoms with Gasteiger partial charge in [-0.1, -0.05) is 36.3 Å². The molecule has 0 bridgehead atoms. The average Bonchev–Trinajstić information content (AvgIpc) is 3.34. The standard InChI is InChI=1S/C20H20N4O2/c1-3-18-22-19(26-23-18)10-12-24-13-11-21-20(24)16-8-9-17(25-2)15-7-5-4-6-14(15)16/h4-9,11,13H,3,10,12H2,1-2H3. The van der Waals surface area contributed by atoms with Crippen molar-refractivity contribution in [2.75, 3.05) is 7.11 Å². The number of rotatable bonds is 6. The van der Waals surface area contributed by atoms with Gasteiger partial charge in [0.2, 0.25) is 5.89 Å². The molecular formula is C20H20N4O2. The van der Waals surface area contributed by atoms with Gasteiger partial charge in [0.1, 0.15) is 11.6 Å². The fourth-order valence-corrected chi connectivity index (χ4v) is 3.13. The van der Waals surface area contributed by atoms with Gasteiger partial charge in [-0.25, -0.2) is 4.98 Å². The molecule has 0 spiro atoms. The van der Waals surface area contributed by atoms with E-state index >= 15 is 0 Å². The minimum atomic E-state index is 0.654. The van der Waals surface area contributed by atoms with Crippen molar-refractivity contribution in [3.8, 4) is 17.1 Å². The zero-order chi connectivity index (χ0) is 17.9. The summed E-state index contributed by atoms with van der Waals surface area (Å²) in [5, 5.41) is 6.14. The monoisotopic (exact) mass is 348 g/mol. The van der Waals surface area contributed by atoms with Crippen LogP contribution in [-0.2, 0) is 19.4 Å². The summed E-state index contributed by atoms with van der Waals surface area (Å²) in [5.41, 5.74) is 1.08. The molecule has 0 saturated carbocycles. The highest BCUT2D eigenvalue weighted by Crippen LogP contribution is 2.33. The fourth-order valence-electron chi connectivity index (χ4n) is 3.13. The maximum atomic E-state index is 5.49. The lowest BCUT2D eigenvalue weighted by Gasteiger charge is -2.12. The fraction of sp³-hybridized carbons (Fsp3) is 0.250. The van der Waals surface area contributed by atoms with Crippen LogP contribution >= 0.6 is 0 Å². The van der Waals surface area contributed by atoms with Gasteiger partial charge < -0.3 is 13.8 Å². The number of ether oxygens (including phenoxy) is 1. The van der Waals surface area contributed by atoms with Crippen LogP contribution in [0.1, 0.15) is 18.6 Å². The molecule has 0 N–H and O–H groups in total. The zero-order valence-corrected chi connectivity index (χ0v) is 14.8. The Hall–Kier alpha value is -3.15. The number of fused-ring (bicyclic) bond motifs is 1. The Balaban J connectivity index is 1.67. The van der Waals surface area contributed by atoms with Crippen molar-refractivity contribution in [1.29, 1.82) is 0 Å². The molecule has 0 aliphatic heterocycles. The lowest BCUT2D eigenvalue weighted by Crippen LogP contribution is -2.03. The Morgan fingerprint density at radius 3 is 2.73 bits per heavy atom. The van der Waals surface area contributed by atoms with Gasteiger partial charge in [0.05, 0.1) is 7.11 Å². The first kappa shape index (κ1) is 16.3. The van der Waals surface area contributed by atoms with E-state index in [2.05, 4.69) is 37.9 Å². The summed E-state index contributed by atoms with van der Waals surface area (Å²) in [7, 11) is 1.69. The number of hydrogen-bond acceptors (Lipinski definition) is 5. The minimum Gasteiger partial charge on any atom is -0.496 e. The van der Waals surface area contributed by atoms with Crippen LogP contribution in [0.5, 0.6) is 5.75 Å². The van der Waals surface area contributed by atoms with Crippen LogP contribution in [-0.4, -0.2) is 26.8 Å². The van der Waals surface area contributed by atoms with Gasteiger partial charge in [-0.15, -0.1) is 0 Å². The highest BCUT2D eigenvalue weighted by molar-refractivity contribution is 5.98. The summed E-state index contributed by atoms with van der Waals surface area (Å²) in [5.74, 6) is 3.17. The van der Waals surface area contributed by atoms with Crippen molar-refractivity contribution < 1.29 is 9.26 Å². The highest BCUT2D eigenvalue weighted by Gasteiger charge is 2.13. The molecule has 0 aliphatic rings. The Bertz CT molecular complexity index is 1040. The van der Waals surface area contributed by atoms with Crippen LogP contribution in [0.2, 0.25) is 0 Å². The number of hydrogen-bond donors (Lipinski definition) is 0. The molecule has 0 radical (unpaired) electrons. The second kappa shape index (κ2) is 7.00. The number of nitrogens with zero attached hydrogens (tertiary/aromatic N) is 4. The van der Waals surface area contributed by atoms with E-state index in [1.165, 1.54) is 0 Å². The van der Waals surface area contributed by atoms with Crippen molar-refractivity contribution in [3.63, 3.8) is 0 Å². The quantitative estimate of drug-likeness (QED) is 0.529. The van der Waals surface area contributed by atoms with Crippen LogP contribution in [0.15, 0.2) is 53.3 Å². The van der Waals surface area contributed by atoms with E-state index in [1.54, 1.807) is 7.11 Å². The molecule has 132 valence electrons. The number of benzene rings is 2. The molecule has 4 rings (SSSR count). The van der Waals surface area contributed by atoms with Crippen molar-refractivity contribution in [2.45, 2.75) is 26.3 Å². The second-order valence-corrected chi connectivity index (χ2v) is 6.01. The van der Waals surface area contributed by atoms with Crippen molar-refractivity contribution in [2.24, 2.45) is 0 Å². The van der Waals surface area contributed by atoms with Crippen LogP contribution in [0, 0.1) is 0 Å². The number of aryl methyl sites for hydroxylation is 3. The van der Waals surface area contributed by atoms with E-state index in [0.29, 0.717) is 12.3 Å². The number of imidazole rings is 1. The maximum absolute atomic E-state index is 5.49. The lowest BCUT2D eigenvalue weighted by atomic mass is 10.0. The van der Waals surface area contributed by atoms with Crippen LogP contribution < -0.4 is 4.74 Å². The van der Waals surface area contributed by atoms with E-state index in [9.17, 15) is 0 Å². The SMILES string of the molecule is CCc1noc(CCn2ccnc2-c2ccc(OC)c3ccccc23)n1. The lowest BCUT2D eigenvalue weighted by molar-refractivity contribution is 0.367. The molecule has 0 saturated heterocycles. The summed E-state index contributed by atoms with van der Waals surface area (Å²) < 4.78 is 12.9. The van der Waals surface area contributed by atoms with Crippen LogP contribution in [0.4, 0.5) is 0 Å². The Morgan fingerprint density at radius 2 is 1.96 bits per heavy atom. The molecule has 2 aromatic heterocycles. The van der Waals surface area contributed by atoms with E-state index in [0.717, 1.165) is 46.7 Å². The second-order valence-electron chi connectivity index (χ2n) is 6.01. The summed E-state index contributed by atoms with van der Waals surface area (Å²) in [4.78, 5) is 8.96. The molecule has 0 unspecified atom stereocenters. The molecule has 0 aliphatic carbocycles. The predicted molar refractivity (Wildman–Crippen MR) is 99.1 cm³/mol. The van der Waals surface area contributed by atoms with Gasteiger partial charge in [0, 0.05) is 42.7 Å². The molecule has 26 heavy (non-hydrogen) atoms. The molecule has 0 amide bonds. The first-order valence-electron chi connectivity index (χ1n) is 8.69. The summed E-state index contributed by atoms with van der Waals surface area (Å²) in [6, 6.07) is 12.3. The molecule has 6 heteroatoms. The molecule has 0 fully saturated rings. The van der Waals surface area contributed by atoms with Crippen molar-refractivity contribution in [1.82, 2.24) is 19.7 Å². The molecule has 4 aromatic rings. The van der Waals surface area contributed by atoms with E-state index < -0.39 is 0 Å². The summed E-state index contributed by atoms with van der Waals surface area (Å²) in [6.07, 6.45) is 5.24. The molecule has 6 nitrogen and oxygen atoms in total. The topological polar surface area (TPSA) is 66.0 Å². The Labute approximate surface area is 151 Å². The van der Waals surface area contributed by atoms with Gasteiger partial charge in [0.25, 0.3) is 0 Å². The smallest absolute Gasteiger partial charge is 0.228 e. The normalized spacial score (nSPS) is 11.2. The highest BCUT2D eigenvalue weighted by atomic mass is 16.5. The third-order valence-electron chi connectivity index (χ3n) is 4.45. The molecular weight excluding hydrogens is 328 g/mol. The van der Waals surface area contributed by atoms with Gasteiger partial charge >= 0.3 is 0 Å². The first-order chi connectivity index (χ1) is 12.8. The van der Waals surface area contributed by atoms with Crippen LogP contribution in [0.25, 0.3) is 22.2 Å². The largest absolute Gasteiger partial charge is 0.496 e. The number of methoxy groups -OCH3 is 1. The maximum Gasteiger partial charge on any atom is 0.228 e. The minimum absolute atomic E-state index is 0.654. The third-order valence-corrected chi connectivity index (χ3v) is 4.45. The van der Waals surface area contributed by atoms with Gasteiger partial charge in [-0.3, -0.25) is 0 Å². The van der Waals surface area contributed by atoms with Crippen molar-refractivity contribution in [3.05, 3.63) is 60.5 Å². The summed E-state index contributed by atoms with van der Waals surface area (Å²) in [6.45, 7) is 2.73. The average molecular weight is 348 g/mol. The Kier molecular flexibility index (Phi) is 4.39. The molecule has 2 aromatic carbocycles. The Morgan fingerprint density at radius 1 is 1.12 bits per heavy atom. The molecule has 2 heterocycles. The van der Waals surface area contributed by atoms with Gasteiger partial charge in [-0.2, -0.15) is 4.98 Å². The van der Waals surface area contributed by atoms with Gasteiger partial charge in [-0.05, 0) is 17.5 Å². The van der Waals surface area contributed by atoms with E-state index in [1.807, 2.05) is 37.5 Å². The van der Waals surface area contributed by atoms with E-state index in [-0.39, 0.29) is 0 Å². The first-order valence-corrected chi connectivity index (χ1v) is 8.69. The number of aromatic nitrogens is 4. The third kappa shape index (κ3) is 2.94. The predicted octanol–water partition coefficient (Wildman–Crippen LogP) is 3.90. The van der Waals surface area contributed by atoms with Crippen molar-refractivity contribution >= 4 is 10.8 Å².